The maximum Gasteiger partial charge on any atom is 0.195 e. The molecule has 0 aromatic heterocycles. The number of ketones is 1. The molecule has 0 saturated heterocycles. The molecular weight excluding hydrogens is 260 g/mol. The molecule has 2 aromatic rings. The molecule has 0 unspecified atom stereocenters. The van der Waals surface area contributed by atoms with Crippen LogP contribution in [0.1, 0.15) is 22.3 Å². The average molecular weight is 282 g/mol. The highest BCUT2D eigenvalue weighted by molar-refractivity contribution is 6.12. The summed E-state index contributed by atoms with van der Waals surface area (Å²) < 4.78 is 0. The summed E-state index contributed by atoms with van der Waals surface area (Å²) >= 11 is 0. The average Bonchev–Trinajstić information content (AvgIpc) is 2.52. The van der Waals surface area contributed by atoms with Crippen molar-refractivity contribution < 1.29 is 4.79 Å². The first-order valence-corrected chi connectivity index (χ1v) is 7.26. The first-order valence-electron chi connectivity index (χ1n) is 7.26. The Labute approximate surface area is 126 Å². The van der Waals surface area contributed by atoms with Crippen LogP contribution >= 0.6 is 0 Å². The van der Waals surface area contributed by atoms with E-state index in [4.69, 9.17) is 0 Å². The van der Waals surface area contributed by atoms with E-state index in [9.17, 15) is 4.79 Å². The largest absolute Gasteiger partial charge is 0.384 e. The minimum Gasteiger partial charge on any atom is -0.384 e. The van der Waals surface area contributed by atoms with Gasteiger partial charge in [0.15, 0.2) is 5.78 Å². The van der Waals surface area contributed by atoms with Gasteiger partial charge in [-0.3, -0.25) is 4.79 Å². The van der Waals surface area contributed by atoms with Crippen LogP contribution in [0.3, 0.4) is 0 Å². The third-order valence-electron chi connectivity index (χ3n) is 3.31. The first kappa shape index (κ1) is 15.3. The Bertz CT molecular complexity index is 579. The summed E-state index contributed by atoms with van der Waals surface area (Å²) in [7, 11) is 4.12. The molecule has 0 fully saturated rings. The van der Waals surface area contributed by atoms with Gasteiger partial charge in [-0.15, -0.1) is 0 Å². The third kappa shape index (κ3) is 4.43. The molecule has 3 nitrogen and oxygen atoms in total. The van der Waals surface area contributed by atoms with Gasteiger partial charge in [0, 0.05) is 23.4 Å². The SMILES string of the molecule is CN(C)CCCNc1ccccc1C(=O)c1ccccc1. The van der Waals surface area contributed by atoms with Crippen molar-refractivity contribution in [2.75, 3.05) is 32.5 Å². The maximum absolute atomic E-state index is 12.6. The standard InChI is InChI=1S/C18H22N2O/c1-20(2)14-8-13-19-17-12-7-6-11-16(17)18(21)15-9-4-3-5-10-15/h3-7,9-12,19H,8,13-14H2,1-2H3. The van der Waals surface area contributed by atoms with Gasteiger partial charge < -0.3 is 10.2 Å². The highest BCUT2D eigenvalue weighted by Crippen LogP contribution is 2.19. The van der Waals surface area contributed by atoms with Gasteiger partial charge in [0.2, 0.25) is 0 Å². The number of benzene rings is 2. The van der Waals surface area contributed by atoms with E-state index in [2.05, 4.69) is 24.3 Å². The fourth-order valence-corrected chi connectivity index (χ4v) is 2.20. The lowest BCUT2D eigenvalue weighted by atomic mass is 10.0. The molecule has 0 amide bonds. The molecule has 2 rings (SSSR count). The number of carbonyl (C=O) groups is 1. The summed E-state index contributed by atoms with van der Waals surface area (Å²) in [6, 6.07) is 17.1. The van der Waals surface area contributed by atoms with Crippen LogP contribution in [0, 0.1) is 0 Å². The van der Waals surface area contributed by atoms with Crippen molar-refractivity contribution in [1.82, 2.24) is 4.90 Å². The van der Waals surface area contributed by atoms with E-state index >= 15 is 0 Å². The number of rotatable bonds is 7. The van der Waals surface area contributed by atoms with Crippen LogP contribution in [0.2, 0.25) is 0 Å². The second-order valence-corrected chi connectivity index (χ2v) is 5.32. The molecule has 0 aliphatic rings. The summed E-state index contributed by atoms with van der Waals surface area (Å²) in [6.07, 6.45) is 1.04. The monoisotopic (exact) mass is 282 g/mol. The van der Waals surface area contributed by atoms with Gasteiger partial charge >= 0.3 is 0 Å². The molecule has 0 saturated carbocycles. The highest BCUT2D eigenvalue weighted by Gasteiger charge is 2.12. The molecule has 21 heavy (non-hydrogen) atoms. The van der Waals surface area contributed by atoms with Crippen molar-refractivity contribution in [2.24, 2.45) is 0 Å². The predicted molar refractivity (Wildman–Crippen MR) is 88.0 cm³/mol. The van der Waals surface area contributed by atoms with Crippen molar-refractivity contribution >= 4 is 11.5 Å². The molecule has 3 heteroatoms. The van der Waals surface area contributed by atoms with Gasteiger partial charge in [0.1, 0.15) is 0 Å². The van der Waals surface area contributed by atoms with Crippen LogP contribution < -0.4 is 5.32 Å². The first-order chi connectivity index (χ1) is 10.2. The summed E-state index contributed by atoms with van der Waals surface area (Å²) in [5.74, 6) is 0.0614. The van der Waals surface area contributed by atoms with Gasteiger partial charge in [-0.05, 0) is 39.2 Å². The lowest BCUT2D eigenvalue weighted by Gasteiger charge is -2.13. The lowest BCUT2D eigenvalue weighted by Crippen LogP contribution is -2.17. The molecule has 1 N–H and O–H groups in total. The summed E-state index contributed by atoms with van der Waals surface area (Å²) in [5, 5.41) is 3.37. The van der Waals surface area contributed by atoms with E-state index < -0.39 is 0 Å². The van der Waals surface area contributed by atoms with Crippen LogP contribution in [-0.2, 0) is 0 Å². The van der Waals surface area contributed by atoms with Crippen molar-refractivity contribution in [2.45, 2.75) is 6.42 Å². The van der Waals surface area contributed by atoms with Gasteiger partial charge in [0.05, 0.1) is 0 Å². The van der Waals surface area contributed by atoms with E-state index in [0.29, 0.717) is 0 Å². The van der Waals surface area contributed by atoms with Crippen LogP contribution in [0.4, 0.5) is 5.69 Å². The number of hydrogen-bond acceptors (Lipinski definition) is 3. The second kappa shape index (κ2) is 7.60. The Morgan fingerprint density at radius 2 is 1.67 bits per heavy atom. The zero-order chi connectivity index (χ0) is 15.1. The van der Waals surface area contributed by atoms with Crippen molar-refractivity contribution in [1.29, 1.82) is 0 Å². The highest BCUT2D eigenvalue weighted by atomic mass is 16.1. The smallest absolute Gasteiger partial charge is 0.195 e. The number of nitrogens with zero attached hydrogens (tertiary/aromatic N) is 1. The Morgan fingerprint density at radius 1 is 1.00 bits per heavy atom. The Kier molecular flexibility index (Phi) is 5.52. The quantitative estimate of drug-likeness (QED) is 0.625. The number of hydrogen-bond donors (Lipinski definition) is 1. The molecule has 0 aliphatic carbocycles. The van der Waals surface area contributed by atoms with Crippen LogP contribution in [0.25, 0.3) is 0 Å². The molecule has 0 radical (unpaired) electrons. The summed E-state index contributed by atoms with van der Waals surface area (Å²) in [5.41, 5.74) is 2.36. The molecule has 0 bridgehead atoms. The van der Waals surface area contributed by atoms with Crippen molar-refractivity contribution in [3.63, 3.8) is 0 Å². The minimum absolute atomic E-state index is 0.0614. The summed E-state index contributed by atoms with van der Waals surface area (Å²) in [6.45, 7) is 1.89. The maximum atomic E-state index is 12.6. The van der Waals surface area contributed by atoms with Crippen LogP contribution in [-0.4, -0.2) is 37.9 Å². The molecule has 0 aliphatic heterocycles. The lowest BCUT2D eigenvalue weighted by molar-refractivity contribution is 0.103. The second-order valence-electron chi connectivity index (χ2n) is 5.32. The van der Waals surface area contributed by atoms with E-state index in [1.165, 1.54) is 0 Å². The molecule has 0 heterocycles. The normalized spacial score (nSPS) is 10.6. The minimum atomic E-state index is 0.0614. The number of para-hydroxylation sites is 1. The number of carbonyl (C=O) groups excluding carboxylic acids is 1. The molecule has 2 aromatic carbocycles. The fourth-order valence-electron chi connectivity index (χ4n) is 2.20. The van der Waals surface area contributed by atoms with Crippen molar-refractivity contribution in [3.8, 4) is 0 Å². The topological polar surface area (TPSA) is 32.3 Å². The Hall–Kier alpha value is -2.13. The van der Waals surface area contributed by atoms with Gasteiger partial charge in [0.25, 0.3) is 0 Å². The van der Waals surface area contributed by atoms with Crippen LogP contribution in [0.5, 0.6) is 0 Å². The van der Waals surface area contributed by atoms with E-state index in [0.717, 1.165) is 36.3 Å². The zero-order valence-corrected chi connectivity index (χ0v) is 12.7. The van der Waals surface area contributed by atoms with E-state index in [1.54, 1.807) is 0 Å². The number of nitrogens with one attached hydrogen (secondary N) is 1. The third-order valence-corrected chi connectivity index (χ3v) is 3.31. The van der Waals surface area contributed by atoms with Gasteiger partial charge in [-0.2, -0.15) is 0 Å². The molecule has 0 atom stereocenters. The molecular formula is C18H22N2O. The molecule has 0 spiro atoms. The predicted octanol–water partition coefficient (Wildman–Crippen LogP) is 3.28. The Morgan fingerprint density at radius 3 is 2.38 bits per heavy atom. The van der Waals surface area contributed by atoms with Crippen LogP contribution in [0.15, 0.2) is 54.6 Å². The summed E-state index contributed by atoms with van der Waals surface area (Å²) in [4.78, 5) is 14.7. The van der Waals surface area contributed by atoms with Gasteiger partial charge in [-0.1, -0.05) is 42.5 Å². The fraction of sp³-hybridized carbons (Fsp3) is 0.278. The van der Waals surface area contributed by atoms with Gasteiger partial charge in [-0.25, -0.2) is 0 Å². The van der Waals surface area contributed by atoms with E-state index in [1.807, 2.05) is 54.6 Å². The van der Waals surface area contributed by atoms with E-state index in [-0.39, 0.29) is 5.78 Å². The number of anilines is 1. The van der Waals surface area contributed by atoms with Crippen molar-refractivity contribution in [3.05, 3.63) is 65.7 Å². The molecule has 110 valence electrons. The Balaban J connectivity index is 2.08. The zero-order valence-electron chi connectivity index (χ0n) is 12.7.